The molecule has 1 spiro atoms. The molecule has 6 rings (SSSR count). The summed E-state index contributed by atoms with van der Waals surface area (Å²) in [7, 11) is 0. The van der Waals surface area contributed by atoms with Crippen LogP contribution in [0.1, 0.15) is 31.6 Å². The summed E-state index contributed by atoms with van der Waals surface area (Å²) in [4.78, 5) is 12.6. The topological polar surface area (TPSA) is 28.1 Å². The second-order valence-electron chi connectivity index (χ2n) is 8.05. The normalized spacial score (nSPS) is 31.2. The molecule has 1 aromatic heterocycles. The Labute approximate surface area is 153 Å². The Morgan fingerprint density at radius 2 is 2.08 bits per heavy atom. The maximum absolute atomic E-state index is 6.27. The first-order valence-corrected chi connectivity index (χ1v) is 10.2. The van der Waals surface area contributed by atoms with Gasteiger partial charge in [-0.25, -0.2) is 0 Å². The molecule has 4 aliphatic heterocycles. The molecule has 5 heteroatoms. The smallest absolute Gasteiger partial charge is 0.227 e. The van der Waals surface area contributed by atoms with Crippen LogP contribution < -0.4 is 0 Å². The molecule has 4 nitrogen and oxygen atoms in total. The van der Waals surface area contributed by atoms with Crippen LogP contribution in [0.5, 0.6) is 0 Å². The summed E-state index contributed by atoms with van der Waals surface area (Å²) >= 11 is 1.83. The molecule has 4 aliphatic rings. The van der Waals surface area contributed by atoms with E-state index in [2.05, 4.69) is 59.1 Å². The second kappa shape index (κ2) is 5.71. The van der Waals surface area contributed by atoms with Crippen LogP contribution in [0.3, 0.4) is 0 Å². The van der Waals surface area contributed by atoms with Gasteiger partial charge in [-0.05, 0) is 49.4 Å². The standard InChI is InChI=1S/C20H25N3OS/c1-14(2)12-23-19(18-11-15-5-3-4-6-17(15)25-18)21-24-20(23)13-22-9-7-16(20)8-10-22/h3-6,11,14,16H,7-10,12-13H2,1-2H3. The molecule has 1 aromatic carbocycles. The lowest BCUT2D eigenvalue weighted by Gasteiger charge is -2.53. The van der Waals surface area contributed by atoms with Crippen LogP contribution in [0.2, 0.25) is 0 Å². The monoisotopic (exact) mass is 355 g/mol. The summed E-state index contributed by atoms with van der Waals surface area (Å²) in [6, 6.07) is 10.9. The van der Waals surface area contributed by atoms with Crippen molar-refractivity contribution in [3.05, 3.63) is 35.2 Å². The van der Waals surface area contributed by atoms with Gasteiger partial charge >= 0.3 is 0 Å². The van der Waals surface area contributed by atoms with E-state index in [1.807, 2.05) is 11.3 Å². The fourth-order valence-corrected chi connectivity index (χ4v) is 5.73. The van der Waals surface area contributed by atoms with Crippen LogP contribution >= 0.6 is 11.3 Å². The van der Waals surface area contributed by atoms with Crippen molar-refractivity contribution in [3.63, 3.8) is 0 Å². The number of rotatable bonds is 3. The molecule has 1 unspecified atom stereocenters. The molecule has 0 saturated carbocycles. The van der Waals surface area contributed by atoms with Gasteiger partial charge in [0.15, 0.2) is 5.84 Å². The molecular formula is C20H25N3OS. The zero-order valence-corrected chi connectivity index (χ0v) is 15.8. The van der Waals surface area contributed by atoms with E-state index >= 15 is 0 Å². The van der Waals surface area contributed by atoms with Crippen molar-refractivity contribution < 1.29 is 4.84 Å². The minimum Gasteiger partial charge on any atom is -0.363 e. The minimum absolute atomic E-state index is 0.244. The predicted molar refractivity (Wildman–Crippen MR) is 103 cm³/mol. The number of benzene rings is 1. The quantitative estimate of drug-likeness (QED) is 0.834. The van der Waals surface area contributed by atoms with Gasteiger partial charge in [0.2, 0.25) is 5.72 Å². The highest BCUT2D eigenvalue weighted by molar-refractivity contribution is 7.20. The number of amidine groups is 1. The highest BCUT2D eigenvalue weighted by atomic mass is 32.1. The highest BCUT2D eigenvalue weighted by Gasteiger charge is 2.57. The molecule has 0 amide bonds. The van der Waals surface area contributed by atoms with Crippen molar-refractivity contribution in [2.24, 2.45) is 17.0 Å². The van der Waals surface area contributed by atoms with E-state index in [0.29, 0.717) is 11.8 Å². The number of piperidine rings is 3. The average Bonchev–Trinajstić information content (AvgIpc) is 3.18. The Balaban J connectivity index is 1.55. The van der Waals surface area contributed by atoms with Crippen molar-refractivity contribution >= 4 is 27.3 Å². The molecule has 0 aliphatic carbocycles. The van der Waals surface area contributed by atoms with Crippen molar-refractivity contribution in [2.75, 3.05) is 26.2 Å². The molecule has 2 bridgehead atoms. The second-order valence-corrected chi connectivity index (χ2v) is 9.14. The van der Waals surface area contributed by atoms with Gasteiger partial charge in [-0.15, -0.1) is 11.3 Å². The van der Waals surface area contributed by atoms with Crippen molar-refractivity contribution in [2.45, 2.75) is 32.4 Å². The van der Waals surface area contributed by atoms with Gasteiger partial charge in [-0.1, -0.05) is 37.2 Å². The van der Waals surface area contributed by atoms with Crippen LogP contribution in [0.4, 0.5) is 0 Å². The van der Waals surface area contributed by atoms with E-state index in [1.165, 1.54) is 40.9 Å². The predicted octanol–water partition coefficient (Wildman–Crippen LogP) is 3.97. The van der Waals surface area contributed by atoms with Crippen molar-refractivity contribution in [3.8, 4) is 0 Å². The number of fused-ring (bicyclic) bond motifs is 3. The van der Waals surface area contributed by atoms with Crippen LogP contribution in [0.15, 0.2) is 35.5 Å². The first-order chi connectivity index (χ1) is 12.2. The number of hydrogen-bond donors (Lipinski definition) is 0. The summed E-state index contributed by atoms with van der Waals surface area (Å²) in [5.74, 6) is 2.21. The fourth-order valence-electron chi connectivity index (χ4n) is 4.68. The van der Waals surface area contributed by atoms with E-state index in [0.717, 1.165) is 18.9 Å². The van der Waals surface area contributed by atoms with Gasteiger partial charge in [0.05, 0.1) is 11.4 Å². The molecular weight excluding hydrogens is 330 g/mol. The van der Waals surface area contributed by atoms with Gasteiger partial charge < -0.3 is 9.74 Å². The summed E-state index contributed by atoms with van der Waals surface area (Å²) in [6.45, 7) is 8.98. The van der Waals surface area contributed by atoms with Crippen molar-refractivity contribution in [1.29, 1.82) is 0 Å². The third-order valence-electron chi connectivity index (χ3n) is 5.87. The maximum Gasteiger partial charge on any atom is 0.227 e. The number of nitrogens with zero attached hydrogens (tertiary/aromatic N) is 3. The van der Waals surface area contributed by atoms with Gasteiger partial charge in [0.25, 0.3) is 0 Å². The summed E-state index contributed by atoms with van der Waals surface area (Å²) in [5.41, 5.74) is -0.244. The van der Waals surface area contributed by atoms with Gasteiger partial charge in [-0.2, -0.15) is 0 Å². The van der Waals surface area contributed by atoms with E-state index in [4.69, 9.17) is 4.84 Å². The fraction of sp³-hybridized carbons (Fsp3) is 0.550. The Bertz CT molecular complexity index is 788. The van der Waals surface area contributed by atoms with Crippen LogP contribution in [-0.4, -0.2) is 47.5 Å². The van der Waals surface area contributed by atoms with Crippen LogP contribution in [0.25, 0.3) is 10.1 Å². The summed E-state index contributed by atoms with van der Waals surface area (Å²) < 4.78 is 1.32. The van der Waals surface area contributed by atoms with Crippen LogP contribution in [0, 0.1) is 11.8 Å². The first-order valence-electron chi connectivity index (χ1n) is 9.41. The van der Waals surface area contributed by atoms with E-state index in [9.17, 15) is 0 Å². The van der Waals surface area contributed by atoms with Crippen LogP contribution in [-0.2, 0) is 4.84 Å². The lowest BCUT2D eigenvalue weighted by Crippen LogP contribution is -2.67. The maximum atomic E-state index is 6.27. The number of hydrogen-bond acceptors (Lipinski definition) is 5. The average molecular weight is 356 g/mol. The number of thiophene rings is 1. The molecule has 2 aromatic rings. The lowest BCUT2D eigenvalue weighted by atomic mass is 9.79. The highest BCUT2D eigenvalue weighted by Crippen LogP contribution is 2.45. The molecule has 25 heavy (non-hydrogen) atoms. The van der Waals surface area contributed by atoms with Gasteiger partial charge in [-0.3, -0.25) is 4.90 Å². The molecule has 0 radical (unpaired) electrons. The Hall–Kier alpha value is -1.59. The largest absolute Gasteiger partial charge is 0.363 e. The zero-order chi connectivity index (χ0) is 17.0. The van der Waals surface area contributed by atoms with E-state index in [1.54, 1.807) is 0 Å². The summed E-state index contributed by atoms with van der Waals surface area (Å²) in [6.07, 6.45) is 2.45. The Morgan fingerprint density at radius 3 is 2.76 bits per heavy atom. The third-order valence-corrected chi connectivity index (χ3v) is 6.98. The van der Waals surface area contributed by atoms with Gasteiger partial charge in [0.1, 0.15) is 0 Å². The van der Waals surface area contributed by atoms with Crippen molar-refractivity contribution in [1.82, 2.24) is 9.80 Å². The first kappa shape index (κ1) is 15.6. The molecule has 132 valence electrons. The Kier molecular flexibility index (Phi) is 3.57. The lowest BCUT2D eigenvalue weighted by molar-refractivity contribution is -0.198. The summed E-state index contributed by atoms with van der Waals surface area (Å²) in [5, 5.41) is 5.95. The zero-order valence-electron chi connectivity index (χ0n) is 14.9. The molecule has 3 fully saturated rings. The molecule has 3 saturated heterocycles. The molecule has 5 heterocycles. The third kappa shape index (κ3) is 2.40. The van der Waals surface area contributed by atoms with E-state index in [-0.39, 0.29) is 5.72 Å². The van der Waals surface area contributed by atoms with Gasteiger partial charge in [0, 0.05) is 17.2 Å². The molecule has 1 atom stereocenters. The SMILES string of the molecule is CC(C)CN1C(c2cc3ccccc3s2)=NOC12CN1CCC2CC1. The molecule has 0 N–H and O–H groups in total. The Morgan fingerprint density at radius 1 is 1.28 bits per heavy atom. The minimum atomic E-state index is -0.244. The number of oxime groups is 1. The van der Waals surface area contributed by atoms with E-state index < -0.39 is 0 Å².